The van der Waals surface area contributed by atoms with Gasteiger partial charge in [-0.05, 0) is 32.2 Å². The van der Waals surface area contributed by atoms with Crippen LogP contribution in [0.4, 0.5) is 5.82 Å². The number of hydrogen-bond acceptors (Lipinski definition) is 4. The zero-order valence-electron chi connectivity index (χ0n) is 12.4. The first-order valence-electron chi connectivity index (χ1n) is 8.11. The third-order valence-corrected chi connectivity index (χ3v) is 5.45. The molecule has 3 heterocycles. The van der Waals surface area contributed by atoms with Crippen molar-refractivity contribution in [2.75, 3.05) is 25.0 Å². The summed E-state index contributed by atoms with van der Waals surface area (Å²) in [4.78, 5) is 14.2. The van der Waals surface area contributed by atoms with Crippen molar-refractivity contribution in [3.63, 3.8) is 0 Å². The van der Waals surface area contributed by atoms with Crippen LogP contribution in [0.25, 0.3) is 0 Å². The van der Waals surface area contributed by atoms with Crippen LogP contribution in [0.15, 0.2) is 6.33 Å². The molecule has 4 nitrogen and oxygen atoms in total. The summed E-state index contributed by atoms with van der Waals surface area (Å²) in [6, 6.07) is 0.745. The van der Waals surface area contributed by atoms with Crippen molar-refractivity contribution >= 4 is 5.82 Å². The zero-order chi connectivity index (χ0) is 13.5. The Morgan fingerprint density at radius 1 is 1.10 bits per heavy atom. The van der Waals surface area contributed by atoms with Crippen LogP contribution < -0.4 is 4.90 Å². The maximum absolute atomic E-state index is 4.69. The second-order valence-electron chi connectivity index (χ2n) is 6.70. The lowest BCUT2D eigenvalue weighted by Gasteiger charge is -2.35. The highest BCUT2D eigenvalue weighted by Crippen LogP contribution is 2.39. The monoisotopic (exact) mass is 272 g/mol. The molecule has 0 bridgehead atoms. The van der Waals surface area contributed by atoms with Crippen LogP contribution in [0.5, 0.6) is 0 Å². The fourth-order valence-corrected chi connectivity index (χ4v) is 4.38. The Balaban J connectivity index is 1.68. The fourth-order valence-electron chi connectivity index (χ4n) is 4.38. The Kier molecular flexibility index (Phi) is 3.14. The second-order valence-corrected chi connectivity index (χ2v) is 6.70. The van der Waals surface area contributed by atoms with E-state index in [9.17, 15) is 0 Å². The maximum atomic E-state index is 4.69. The van der Waals surface area contributed by atoms with Gasteiger partial charge in [-0.25, -0.2) is 9.97 Å². The predicted octanol–water partition coefficient (Wildman–Crippen LogP) is 2.23. The summed E-state index contributed by atoms with van der Waals surface area (Å²) in [5, 5.41) is 0. The standard InChI is InChI=1S/C16H24N4/c1-19-8-7-14-13(10-19)16(18-11-17-14)20-9-6-12-4-2-3-5-15(12)20/h11-12,15H,2-10H2,1H3. The van der Waals surface area contributed by atoms with E-state index in [2.05, 4.69) is 26.8 Å². The predicted molar refractivity (Wildman–Crippen MR) is 79.8 cm³/mol. The summed E-state index contributed by atoms with van der Waals surface area (Å²) in [5.41, 5.74) is 2.68. The molecule has 1 aromatic heterocycles. The zero-order valence-corrected chi connectivity index (χ0v) is 12.4. The summed E-state index contributed by atoms with van der Waals surface area (Å²) < 4.78 is 0. The van der Waals surface area contributed by atoms with Gasteiger partial charge >= 0.3 is 0 Å². The van der Waals surface area contributed by atoms with Gasteiger partial charge < -0.3 is 9.80 Å². The lowest BCUT2D eigenvalue weighted by atomic mass is 9.85. The first-order chi connectivity index (χ1) is 9.83. The Hall–Kier alpha value is -1.16. The van der Waals surface area contributed by atoms with Gasteiger partial charge in [0.2, 0.25) is 0 Å². The molecule has 4 heteroatoms. The van der Waals surface area contributed by atoms with Crippen LogP contribution in [0.2, 0.25) is 0 Å². The largest absolute Gasteiger partial charge is 0.353 e. The molecule has 0 amide bonds. The minimum Gasteiger partial charge on any atom is -0.353 e. The Bertz CT molecular complexity index is 501. The molecule has 1 aliphatic carbocycles. The van der Waals surface area contributed by atoms with Crippen molar-refractivity contribution in [1.29, 1.82) is 0 Å². The molecule has 2 aliphatic heterocycles. The highest BCUT2D eigenvalue weighted by atomic mass is 15.3. The van der Waals surface area contributed by atoms with Gasteiger partial charge in [-0.2, -0.15) is 0 Å². The number of hydrogen-bond donors (Lipinski definition) is 0. The van der Waals surface area contributed by atoms with Gasteiger partial charge in [0.15, 0.2) is 0 Å². The SMILES string of the molecule is CN1CCc2ncnc(N3CCC4CCCCC43)c2C1. The Morgan fingerprint density at radius 2 is 2.00 bits per heavy atom. The van der Waals surface area contributed by atoms with E-state index in [0.29, 0.717) is 0 Å². The van der Waals surface area contributed by atoms with E-state index in [4.69, 9.17) is 0 Å². The molecular formula is C16H24N4. The normalized spacial score (nSPS) is 30.1. The smallest absolute Gasteiger partial charge is 0.137 e. The summed E-state index contributed by atoms with van der Waals surface area (Å²) in [6.07, 6.45) is 9.83. The molecule has 108 valence electrons. The van der Waals surface area contributed by atoms with E-state index in [1.807, 2.05) is 0 Å². The summed E-state index contributed by atoms with van der Waals surface area (Å²) in [6.45, 7) is 3.33. The molecule has 4 rings (SSSR count). The van der Waals surface area contributed by atoms with E-state index in [-0.39, 0.29) is 0 Å². The van der Waals surface area contributed by atoms with Gasteiger partial charge in [0, 0.05) is 37.7 Å². The molecule has 2 fully saturated rings. The van der Waals surface area contributed by atoms with E-state index in [0.717, 1.165) is 31.5 Å². The Morgan fingerprint density at radius 3 is 2.95 bits per heavy atom. The van der Waals surface area contributed by atoms with Crippen LogP contribution in [-0.2, 0) is 13.0 Å². The summed E-state index contributed by atoms with van der Waals surface area (Å²) in [7, 11) is 2.20. The number of fused-ring (bicyclic) bond motifs is 2. The fraction of sp³-hybridized carbons (Fsp3) is 0.750. The number of rotatable bonds is 1. The highest BCUT2D eigenvalue weighted by molar-refractivity contribution is 5.51. The lowest BCUT2D eigenvalue weighted by Crippen LogP contribution is -2.37. The first-order valence-corrected chi connectivity index (χ1v) is 8.11. The van der Waals surface area contributed by atoms with Gasteiger partial charge in [-0.15, -0.1) is 0 Å². The number of likely N-dealkylation sites (N-methyl/N-ethyl adjacent to an activating group) is 1. The van der Waals surface area contributed by atoms with Gasteiger partial charge in [0.05, 0.1) is 5.69 Å². The van der Waals surface area contributed by atoms with Crippen molar-refractivity contribution in [2.45, 2.75) is 51.1 Å². The maximum Gasteiger partial charge on any atom is 0.137 e. The molecule has 0 aromatic carbocycles. The lowest BCUT2D eigenvalue weighted by molar-refractivity contribution is 0.307. The van der Waals surface area contributed by atoms with Crippen LogP contribution >= 0.6 is 0 Å². The van der Waals surface area contributed by atoms with Crippen molar-refractivity contribution in [3.8, 4) is 0 Å². The van der Waals surface area contributed by atoms with Gasteiger partial charge in [0.25, 0.3) is 0 Å². The molecule has 0 radical (unpaired) electrons. The molecule has 1 saturated heterocycles. The molecule has 0 N–H and O–H groups in total. The van der Waals surface area contributed by atoms with E-state index in [1.54, 1.807) is 6.33 Å². The van der Waals surface area contributed by atoms with Crippen molar-refractivity contribution in [2.24, 2.45) is 5.92 Å². The molecule has 3 aliphatic rings. The molecule has 20 heavy (non-hydrogen) atoms. The van der Waals surface area contributed by atoms with E-state index >= 15 is 0 Å². The highest BCUT2D eigenvalue weighted by Gasteiger charge is 2.37. The Labute approximate surface area is 121 Å². The second kappa shape index (κ2) is 4.99. The number of aromatic nitrogens is 2. The molecule has 2 atom stereocenters. The average molecular weight is 272 g/mol. The third kappa shape index (κ3) is 2.01. The first kappa shape index (κ1) is 12.6. The summed E-state index contributed by atoms with van der Waals surface area (Å²) >= 11 is 0. The minimum atomic E-state index is 0.745. The molecule has 1 aromatic rings. The number of anilines is 1. The van der Waals surface area contributed by atoms with Crippen molar-refractivity contribution in [1.82, 2.24) is 14.9 Å². The van der Waals surface area contributed by atoms with Gasteiger partial charge in [-0.3, -0.25) is 0 Å². The molecule has 0 spiro atoms. The summed E-state index contributed by atoms with van der Waals surface area (Å²) in [5.74, 6) is 2.16. The topological polar surface area (TPSA) is 32.3 Å². The minimum absolute atomic E-state index is 0.745. The van der Waals surface area contributed by atoms with Crippen molar-refractivity contribution < 1.29 is 0 Å². The third-order valence-electron chi connectivity index (χ3n) is 5.45. The van der Waals surface area contributed by atoms with Gasteiger partial charge in [-0.1, -0.05) is 12.8 Å². The van der Waals surface area contributed by atoms with E-state index < -0.39 is 0 Å². The van der Waals surface area contributed by atoms with Crippen LogP contribution in [-0.4, -0.2) is 41.0 Å². The van der Waals surface area contributed by atoms with Gasteiger partial charge in [0.1, 0.15) is 12.1 Å². The van der Waals surface area contributed by atoms with Crippen LogP contribution in [0.1, 0.15) is 43.4 Å². The number of nitrogens with zero attached hydrogens (tertiary/aromatic N) is 4. The van der Waals surface area contributed by atoms with Crippen LogP contribution in [0.3, 0.4) is 0 Å². The van der Waals surface area contributed by atoms with Crippen LogP contribution in [0, 0.1) is 5.92 Å². The van der Waals surface area contributed by atoms with Crippen molar-refractivity contribution in [3.05, 3.63) is 17.6 Å². The molecule has 2 unspecified atom stereocenters. The molecule has 1 saturated carbocycles. The van der Waals surface area contributed by atoms with E-state index in [1.165, 1.54) is 55.7 Å². The molecular weight excluding hydrogens is 248 g/mol. The quantitative estimate of drug-likeness (QED) is 0.785. The average Bonchev–Trinajstić information content (AvgIpc) is 2.90.